The molecule has 0 spiro atoms. The fraction of sp³-hybridized carbons (Fsp3) is 0.375. The maximum absolute atomic E-state index is 13.8. The highest BCUT2D eigenvalue weighted by molar-refractivity contribution is 6.42. The number of hydrogen-bond acceptors (Lipinski definition) is 7. The molecule has 10 heteroatoms. The zero-order valence-electron chi connectivity index (χ0n) is 24.6. The number of carbonyl (C=O) groups is 1. The standard InChI is InChI=1S/C32H37Cl2N5O3/c1-6-23(19-38(5)18-22-10-11-27(33)28(34)16-22)21(4)17-39(20(2)3)32(41)26-9-7-8-25(29(26)40)31-37-36-30(42-31)24-12-14-35-15-13-24/h7-16,20-21,23,40H,6,17-19H2,1-5H3. The van der Waals surface area contributed by atoms with Crippen LogP contribution in [0.5, 0.6) is 5.75 Å². The van der Waals surface area contributed by atoms with E-state index in [9.17, 15) is 9.90 Å². The lowest BCUT2D eigenvalue weighted by molar-refractivity contribution is 0.0635. The quantitative estimate of drug-likeness (QED) is 0.178. The van der Waals surface area contributed by atoms with Crippen LogP contribution >= 0.6 is 23.2 Å². The maximum atomic E-state index is 13.8. The molecule has 0 saturated carbocycles. The number of rotatable bonds is 12. The van der Waals surface area contributed by atoms with E-state index in [0.29, 0.717) is 39.5 Å². The van der Waals surface area contributed by atoms with Crippen molar-refractivity contribution in [3.63, 3.8) is 0 Å². The number of phenols is 1. The molecule has 0 fully saturated rings. The summed E-state index contributed by atoms with van der Waals surface area (Å²) in [7, 11) is 2.09. The molecule has 0 radical (unpaired) electrons. The summed E-state index contributed by atoms with van der Waals surface area (Å²) in [6.45, 7) is 10.5. The van der Waals surface area contributed by atoms with Crippen molar-refractivity contribution in [1.29, 1.82) is 0 Å². The van der Waals surface area contributed by atoms with E-state index >= 15 is 0 Å². The SMILES string of the molecule is CCC(CN(C)Cc1ccc(Cl)c(Cl)c1)C(C)CN(C(=O)c1cccc(-c2nnc(-c3ccncc3)o2)c1O)C(C)C. The summed E-state index contributed by atoms with van der Waals surface area (Å²) < 4.78 is 5.83. The largest absolute Gasteiger partial charge is 0.506 e. The summed E-state index contributed by atoms with van der Waals surface area (Å²) in [5, 5.41) is 20.5. The Morgan fingerprint density at radius 3 is 2.36 bits per heavy atom. The molecule has 2 unspecified atom stereocenters. The van der Waals surface area contributed by atoms with Gasteiger partial charge >= 0.3 is 0 Å². The second kappa shape index (κ2) is 14.1. The average molecular weight is 611 g/mol. The molecule has 42 heavy (non-hydrogen) atoms. The minimum absolute atomic E-state index is 0.0730. The number of nitrogens with zero attached hydrogens (tertiary/aromatic N) is 5. The molecule has 2 heterocycles. The first-order chi connectivity index (χ1) is 20.1. The van der Waals surface area contributed by atoms with Gasteiger partial charge in [-0.25, -0.2) is 0 Å². The van der Waals surface area contributed by atoms with Gasteiger partial charge in [-0.2, -0.15) is 0 Å². The Kier molecular flexibility index (Phi) is 10.6. The number of halogens is 2. The van der Waals surface area contributed by atoms with Crippen molar-refractivity contribution in [2.24, 2.45) is 11.8 Å². The molecule has 4 rings (SSSR count). The lowest BCUT2D eigenvalue weighted by Crippen LogP contribution is -2.42. The summed E-state index contributed by atoms with van der Waals surface area (Å²) >= 11 is 12.3. The number of aromatic nitrogens is 3. The first-order valence-corrected chi connectivity index (χ1v) is 14.8. The van der Waals surface area contributed by atoms with Gasteiger partial charge in [-0.15, -0.1) is 10.2 Å². The highest BCUT2D eigenvalue weighted by atomic mass is 35.5. The molecular formula is C32H37Cl2N5O3. The molecule has 4 aromatic rings. The summed E-state index contributed by atoms with van der Waals surface area (Å²) in [4.78, 5) is 21.9. The first-order valence-electron chi connectivity index (χ1n) is 14.1. The first kappa shape index (κ1) is 31.5. The fourth-order valence-corrected chi connectivity index (χ4v) is 5.42. The van der Waals surface area contributed by atoms with Crippen molar-refractivity contribution in [3.8, 4) is 28.7 Å². The predicted molar refractivity (Wildman–Crippen MR) is 167 cm³/mol. The van der Waals surface area contributed by atoms with Crippen LogP contribution in [-0.4, -0.2) is 62.2 Å². The number of amides is 1. The van der Waals surface area contributed by atoms with E-state index in [1.807, 2.05) is 36.9 Å². The third kappa shape index (κ3) is 7.48. The van der Waals surface area contributed by atoms with Crippen molar-refractivity contribution in [1.82, 2.24) is 25.0 Å². The Bertz CT molecular complexity index is 1490. The zero-order chi connectivity index (χ0) is 30.4. The van der Waals surface area contributed by atoms with Crippen LogP contribution in [0.15, 0.2) is 65.3 Å². The normalized spacial score (nSPS) is 13.0. The summed E-state index contributed by atoms with van der Waals surface area (Å²) in [6.07, 6.45) is 4.23. The number of carbonyl (C=O) groups excluding carboxylic acids is 1. The molecule has 222 valence electrons. The molecule has 1 amide bonds. The number of aromatic hydroxyl groups is 1. The van der Waals surface area contributed by atoms with Crippen LogP contribution in [0.4, 0.5) is 0 Å². The molecular weight excluding hydrogens is 573 g/mol. The average Bonchev–Trinajstić information content (AvgIpc) is 3.46. The van der Waals surface area contributed by atoms with Crippen molar-refractivity contribution in [2.75, 3.05) is 20.1 Å². The zero-order valence-corrected chi connectivity index (χ0v) is 26.1. The van der Waals surface area contributed by atoms with Crippen molar-refractivity contribution < 1.29 is 14.3 Å². The molecule has 0 aliphatic rings. The van der Waals surface area contributed by atoms with Gasteiger partial charge in [0.15, 0.2) is 0 Å². The minimum Gasteiger partial charge on any atom is -0.506 e. The van der Waals surface area contributed by atoms with E-state index in [4.69, 9.17) is 27.6 Å². The molecule has 2 atom stereocenters. The van der Waals surface area contributed by atoms with Gasteiger partial charge in [0, 0.05) is 43.6 Å². The third-order valence-corrected chi connectivity index (χ3v) is 8.27. The topological polar surface area (TPSA) is 95.6 Å². The summed E-state index contributed by atoms with van der Waals surface area (Å²) in [5.41, 5.74) is 2.31. The van der Waals surface area contributed by atoms with Crippen LogP contribution in [-0.2, 0) is 6.54 Å². The Labute approximate surface area is 257 Å². The van der Waals surface area contributed by atoms with Crippen molar-refractivity contribution in [3.05, 3.63) is 82.1 Å². The molecule has 0 aliphatic carbocycles. The fourth-order valence-electron chi connectivity index (χ4n) is 5.10. The van der Waals surface area contributed by atoms with Gasteiger partial charge in [0.1, 0.15) is 5.75 Å². The van der Waals surface area contributed by atoms with Crippen LogP contribution in [0, 0.1) is 11.8 Å². The van der Waals surface area contributed by atoms with E-state index in [-0.39, 0.29) is 35.1 Å². The van der Waals surface area contributed by atoms with Gasteiger partial charge in [-0.1, -0.05) is 55.6 Å². The lowest BCUT2D eigenvalue weighted by atomic mass is 9.90. The van der Waals surface area contributed by atoms with Crippen LogP contribution in [0.3, 0.4) is 0 Å². The Balaban J connectivity index is 1.48. The highest BCUT2D eigenvalue weighted by Gasteiger charge is 2.28. The van der Waals surface area contributed by atoms with E-state index in [0.717, 1.165) is 25.1 Å². The number of hydrogen-bond donors (Lipinski definition) is 1. The van der Waals surface area contributed by atoms with Crippen molar-refractivity contribution in [2.45, 2.75) is 46.7 Å². The summed E-state index contributed by atoms with van der Waals surface area (Å²) in [6, 6.07) is 14.2. The van der Waals surface area contributed by atoms with E-state index in [1.54, 1.807) is 42.7 Å². The third-order valence-electron chi connectivity index (χ3n) is 7.53. The second-order valence-corrected chi connectivity index (χ2v) is 11.8. The monoisotopic (exact) mass is 609 g/mol. The number of benzene rings is 2. The van der Waals surface area contributed by atoms with Gasteiger partial charge < -0.3 is 19.3 Å². The van der Waals surface area contributed by atoms with Crippen LogP contribution in [0.2, 0.25) is 10.0 Å². The Morgan fingerprint density at radius 2 is 1.69 bits per heavy atom. The van der Waals surface area contributed by atoms with Gasteiger partial charge in [0.2, 0.25) is 5.89 Å². The Morgan fingerprint density at radius 1 is 0.976 bits per heavy atom. The number of phenolic OH excluding ortho intramolecular Hbond substituents is 1. The van der Waals surface area contributed by atoms with E-state index < -0.39 is 0 Å². The van der Waals surface area contributed by atoms with Gasteiger partial charge in [0.25, 0.3) is 11.8 Å². The molecule has 0 saturated heterocycles. The smallest absolute Gasteiger partial charge is 0.257 e. The van der Waals surface area contributed by atoms with Crippen LogP contribution in [0.25, 0.3) is 22.9 Å². The maximum Gasteiger partial charge on any atom is 0.257 e. The Hall–Kier alpha value is -3.46. The van der Waals surface area contributed by atoms with Crippen LogP contribution in [0.1, 0.15) is 50.0 Å². The number of pyridine rings is 1. The molecule has 2 aromatic heterocycles. The van der Waals surface area contributed by atoms with Crippen molar-refractivity contribution >= 4 is 29.1 Å². The minimum atomic E-state index is -0.246. The highest BCUT2D eigenvalue weighted by Crippen LogP contribution is 2.34. The van der Waals surface area contributed by atoms with Crippen LogP contribution < -0.4 is 0 Å². The molecule has 8 nitrogen and oxygen atoms in total. The lowest BCUT2D eigenvalue weighted by Gasteiger charge is -2.34. The molecule has 0 aliphatic heterocycles. The molecule has 1 N–H and O–H groups in total. The molecule has 0 bridgehead atoms. The van der Waals surface area contributed by atoms with E-state index in [1.165, 1.54) is 0 Å². The van der Waals surface area contributed by atoms with Gasteiger partial charge in [0.05, 0.1) is 21.2 Å². The van der Waals surface area contributed by atoms with Gasteiger partial charge in [-0.05, 0) is 74.7 Å². The van der Waals surface area contributed by atoms with E-state index in [2.05, 4.69) is 41.0 Å². The number of para-hydroxylation sites is 1. The summed E-state index contributed by atoms with van der Waals surface area (Å²) in [5.74, 6) is 0.562. The second-order valence-electron chi connectivity index (χ2n) is 11.0. The predicted octanol–water partition coefficient (Wildman–Crippen LogP) is 7.46. The van der Waals surface area contributed by atoms with Gasteiger partial charge in [-0.3, -0.25) is 9.78 Å². The molecule has 2 aromatic carbocycles.